The fourth-order valence-corrected chi connectivity index (χ4v) is 4.47. The van der Waals surface area contributed by atoms with Crippen molar-refractivity contribution in [1.82, 2.24) is 0 Å². The predicted molar refractivity (Wildman–Crippen MR) is 73.0 cm³/mol. The molecule has 0 fully saturated rings. The highest BCUT2D eigenvalue weighted by Crippen LogP contribution is 2.51. The Morgan fingerprint density at radius 2 is 1.11 bits per heavy atom. The standard InChI is InChI=1S/C14H10F2S2/c1-7-3-13-9(5-11(7)15)10-6-12(16)8(2)4-14(10)18-17-13/h3-6H,1-2H3. The second kappa shape index (κ2) is 4.28. The highest BCUT2D eigenvalue weighted by molar-refractivity contribution is 8.76. The minimum atomic E-state index is -0.242. The van der Waals surface area contributed by atoms with Crippen LogP contribution in [-0.4, -0.2) is 0 Å². The molecule has 0 nitrogen and oxygen atoms in total. The predicted octanol–water partition coefficient (Wildman–Crippen LogP) is 5.36. The summed E-state index contributed by atoms with van der Waals surface area (Å²) in [7, 11) is 3.19. The quantitative estimate of drug-likeness (QED) is 0.596. The second-order valence-corrected chi connectivity index (χ2v) is 6.57. The molecule has 0 atom stereocenters. The number of halogens is 2. The van der Waals surface area contributed by atoms with E-state index in [1.807, 2.05) is 12.1 Å². The van der Waals surface area contributed by atoms with E-state index < -0.39 is 0 Å². The van der Waals surface area contributed by atoms with Crippen LogP contribution < -0.4 is 0 Å². The van der Waals surface area contributed by atoms with E-state index in [4.69, 9.17) is 0 Å². The average molecular weight is 280 g/mol. The van der Waals surface area contributed by atoms with Crippen molar-refractivity contribution >= 4 is 21.6 Å². The number of benzene rings is 2. The van der Waals surface area contributed by atoms with Gasteiger partial charge in [0, 0.05) is 20.9 Å². The molecule has 0 unspecified atom stereocenters. The van der Waals surface area contributed by atoms with Gasteiger partial charge in [0.1, 0.15) is 11.6 Å². The SMILES string of the molecule is Cc1cc2c(cc1F)-c1cc(F)c(C)cc1SS2. The maximum Gasteiger partial charge on any atom is 0.126 e. The van der Waals surface area contributed by atoms with Crippen molar-refractivity contribution in [3.05, 3.63) is 47.0 Å². The number of hydrogen-bond acceptors (Lipinski definition) is 2. The summed E-state index contributed by atoms with van der Waals surface area (Å²) in [6.07, 6.45) is 0. The van der Waals surface area contributed by atoms with Gasteiger partial charge >= 0.3 is 0 Å². The van der Waals surface area contributed by atoms with Crippen molar-refractivity contribution in [1.29, 1.82) is 0 Å². The maximum absolute atomic E-state index is 13.7. The third-order valence-electron chi connectivity index (χ3n) is 3.03. The zero-order chi connectivity index (χ0) is 12.9. The smallest absolute Gasteiger partial charge is 0.126 e. The van der Waals surface area contributed by atoms with Gasteiger partial charge in [0.25, 0.3) is 0 Å². The third kappa shape index (κ3) is 1.84. The molecule has 1 heterocycles. The Bertz CT molecular complexity index is 593. The van der Waals surface area contributed by atoms with Crippen LogP contribution in [-0.2, 0) is 0 Å². The van der Waals surface area contributed by atoms with Crippen LogP contribution >= 0.6 is 21.6 Å². The summed E-state index contributed by atoms with van der Waals surface area (Å²) in [4.78, 5) is 1.99. The lowest BCUT2D eigenvalue weighted by Gasteiger charge is -2.20. The Morgan fingerprint density at radius 3 is 1.50 bits per heavy atom. The first-order valence-electron chi connectivity index (χ1n) is 5.51. The minimum absolute atomic E-state index is 0.242. The van der Waals surface area contributed by atoms with Crippen LogP contribution in [0.5, 0.6) is 0 Å². The van der Waals surface area contributed by atoms with Gasteiger partial charge in [-0.25, -0.2) is 8.78 Å². The van der Waals surface area contributed by atoms with Crippen molar-refractivity contribution in [2.45, 2.75) is 23.6 Å². The Labute approximate surface area is 112 Å². The van der Waals surface area contributed by atoms with E-state index in [1.54, 1.807) is 35.4 Å². The number of fused-ring (bicyclic) bond motifs is 3. The molecule has 1 aliphatic rings. The van der Waals surface area contributed by atoms with E-state index in [9.17, 15) is 8.78 Å². The van der Waals surface area contributed by atoms with Crippen LogP contribution in [0.3, 0.4) is 0 Å². The summed E-state index contributed by atoms with van der Waals surface area (Å²) in [6.45, 7) is 3.48. The van der Waals surface area contributed by atoms with Gasteiger partial charge in [0.2, 0.25) is 0 Å². The van der Waals surface area contributed by atoms with Crippen molar-refractivity contribution in [2.75, 3.05) is 0 Å². The molecule has 1 aliphatic heterocycles. The van der Waals surface area contributed by atoms with E-state index >= 15 is 0 Å². The van der Waals surface area contributed by atoms with Gasteiger partial charge in [0.05, 0.1) is 0 Å². The zero-order valence-corrected chi connectivity index (χ0v) is 11.5. The zero-order valence-electron chi connectivity index (χ0n) is 9.88. The maximum atomic E-state index is 13.7. The normalized spacial score (nSPS) is 13.1. The first-order chi connectivity index (χ1) is 8.56. The first-order valence-corrected chi connectivity index (χ1v) is 7.66. The van der Waals surface area contributed by atoms with Gasteiger partial charge in [-0.1, -0.05) is 21.6 Å². The molecule has 18 heavy (non-hydrogen) atoms. The lowest BCUT2D eigenvalue weighted by atomic mass is 10.0. The topological polar surface area (TPSA) is 0 Å². The van der Waals surface area contributed by atoms with Gasteiger partial charge in [-0.05, 0) is 49.2 Å². The largest absolute Gasteiger partial charge is 0.207 e. The molecule has 2 aromatic carbocycles. The van der Waals surface area contributed by atoms with Crippen LogP contribution in [0.4, 0.5) is 8.78 Å². The highest BCUT2D eigenvalue weighted by Gasteiger charge is 2.20. The molecule has 0 aromatic heterocycles. The Morgan fingerprint density at radius 1 is 0.722 bits per heavy atom. The first kappa shape index (κ1) is 12.1. The third-order valence-corrected chi connectivity index (χ3v) is 5.48. The van der Waals surface area contributed by atoms with Crippen molar-refractivity contribution < 1.29 is 8.78 Å². The van der Waals surface area contributed by atoms with Crippen molar-refractivity contribution in [2.24, 2.45) is 0 Å². The van der Waals surface area contributed by atoms with Gasteiger partial charge < -0.3 is 0 Å². The van der Waals surface area contributed by atoms with E-state index in [0.29, 0.717) is 11.1 Å². The van der Waals surface area contributed by atoms with Crippen molar-refractivity contribution in [3.63, 3.8) is 0 Å². The molecule has 0 bridgehead atoms. The molecule has 0 radical (unpaired) electrons. The second-order valence-electron chi connectivity index (χ2n) is 4.36. The van der Waals surface area contributed by atoms with Gasteiger partial charge in [-0.15, -0.1) is 0 Å². The van der Waals surface area contributed by atoms with E-state index in [0.717, 1.165) is 20.9 Å². The lowest BCUT2D eigenvalue weighted by molar-refractivity contribution is 0.614. The Balaban J connectivity index is 2.28. The van der Waals surface area contributed by atoms with Gasteiger partial charge in [0.15, 0.2) is 0 Å². The van der Waals surface area contributed by atoms with Crippen LogP contribution in [0.2, 0.25) is 0 Å². The molecule has 0 saturated carbocycles. The molecular weight excluding hydrogens is 270 g/mol. The fourth-order valence-electron chi connectivity index (χ4n) is 1.96. The number of rotatable bonds is 0. The molecule has 0 aliphatic carbocycles. The summed E-state index contributed by atoms with van der Waals surface area (Å²) in [5.74, 6) is -0.485. The molecule has 0 amide bonds. The minimum Gasteiger partial charge on any atom is -0.207 e. The lowest BCUT2D eigenvalue weighted by Crippen LogP contribution is -1.95. The van der Waals surface area contributed by atoms with E-state index in [1.165, 1.54) is 12.1 Å². The Hall–Kier alpha value is -1.00. The molecule has 2 aromatic rings. The van der Waals surface area contributed by atoms with E-state index in [-0.39, 0.29) is 11.6 Å². The Kier molecular flexibility index (Phi) is 2.87. The monoisotopic (exact) mass is 280 g/mol. The molecule has 3 rings (SSSR count). The summed E-state index contributed by atoms with van der Waals surface area (Å²) in [5.41, 5.74) is 2.82. The van der Waals surface area contributed by atoms with Gasteiger partial charge in [-0.2, -0.15) is 0 Å². The van der Waals surface area contributed by atoms with Crippen LogP contribution in [0.1, 0.15) is 11.1 Å². The van der Waals surface area contributed by atoms with E-state index in [2.05, 4.69) is 0 Å². The van der Waals surface area contributed by atoms with Crippen LogP contribution in [0.15, 0.2) is 34.1 Å². The van der Waals surface area contributed by atoms with Gasteiger partial charge in [-0.3, -0.25) is 0 Å². The van der Waals surface area contributed by atoms with Crippen LogP contribution in [0, 0.1) is 25.5 Å². The molecular formula is C14H10F2S2. The molecule has 0 N–H and O–H groups in total. The molecule has 4 heteroatoms. The molecule has 0 saturated heterocycles. The average Bonchev–Trinajstić information content (AvgIpc) is 2.33. The molecule has 92 valence electrons. The summed E-state index contributed by atoms with van der Waals surface area (Å²) in [5, 5.41) is 0. The molecule has 0 spiro atoms. The number of aryl methyl sites for hydroxylation is 2. The van der Waals surface area contributed by atoms with Crippen molar-refractivity contribution in [3.8, 4) is 11.1 Å². The highest BCUT2D eigenvalue weighted by atomic mass is 33.1. The van der Waals surface area contributed by atoms with Crippen LogP contribution in [0.25, 0.3) is 11.1 Å². The summed E-state index contributed by atoms with van der Waals surface area (Å²) >= 11 is 0. The summed E-state index contributed by atoms with van der Waals surface area (Å²) < 4.78 is 27.3. The number of hydrogen-bond donors (Lipinski definition) is 0. The summed E-state index contributed by atoms with van der Waals surface area (Å²) in [6, 6.07) is 6.65. The fraction of sp³-hybridized carbons (Fsp3) is 0.143.